The fraction of sp³-hybridized carbons (Fsp3) is 0.600. The first kappa shape index (κ1) is 21.8. The van der Waals surface area contributed by atoms with Crippen molar-refractivity contribution in [3.05, 3.63) is 33.8 Å². The number of carbonyl (C=O) groups is 1. The molecule has 2 rings (SSSR count). The minimum absolute atomic E-state index is 0.387. The molecule has 0 saturated carbocycles. The van der Waals surface area contributed by atoms with Crippen molar-refractivity contribution < 1.29 is 9.53 Å². The molecule has 5 nitrogen and oxygen atoms in total. The molecule has 0 radical (unpaired) electrons. The summed E-state index contributed by atoms with van der Waals surface area (Å²) in [5, 5.41) is 13.7. The number of nitrogens with zero attached hydrogens (tertiary/aromatic N) is 2. The van der Waals surface area contributed by atoms with Gasteiger partial charge in [0.25, 0.3) is 0 Å². The Balaban J connectivity index is 1.81. The molecule has 1 aliphatic rings. The summed E-state index contributed by atoms with van der Waals surface area (Å²) in [5.41, 5.74) is -0.185. The van der Waals surface area contributed by atoms with Gasteiger partial charge in [-0.1, -0.05) is 29.3 Å². The fourth-order valence-corrected chi connectivity index (χ4v) is 3.87. The molecule has 0 bridgehead atoms. The predicted molar refractivity (Wildman–Crippen MR) is 108 cm³/mol. The van der Waals surface area contributed by atoms with Crippen LogP contribution in [-0.4, -0.2) is 42.8 Å². The van der Waals surface area contributed by atoms with E-state index in [0.29, 0.717) is 16.6 Å². The van der Waals surface area contributed by atoms with Gasteiger partial charge in [-0.2, -0.15) is 5.26 Å². The van der Waals surface area contributed by atoms with Crippen LogP contribution in [-0.2, 0) is 10.2 Å². The molecule has 0 unspecified atom stereocenters. The highest BCUT2D eigenvalue weighted by atomic mass is 35.5. The van der Waals surface area contributed by atoms with Crippen molar-refractivity contribution in [2.75, 3.05) is 26.2 Å². The van der Waals surface area contributed by atoms with Gasteiger partial charge in [0.1, 0.15) is 5.60 Å². The first-order valence-electron chi connectivity index (χ1n) is 9.21. The Morgan fingerprint density at radius 2 is 2.00 bits per heavy atom. The second-order valence-corrected chi connectivity index (χ2v) is 8.79. The molecule has 1 saturated heterocycles. The Kier molecular flexibility index (Phi) is 7.39. The first-order chi connectivity index (χ1) is 12.6. The number of rotatable bonds is 5. The zero-order valence-electron chi connectivity index (χ0n) is 16.1. The number of nitrogens with one attached hydrogen (secondary N) is 1. The number of benzene rings is 1. The van der Waals surface area contributed by atoms with E-state index in [1.54, 1.807) is 12.1 Å². The second-order valence-electron chi connectivity index (χ2n) is 7.94. The second kappa shape index (κ2) is 9.14. The van der Waals surface area contributed by atoms with Crippen molar-refractivity contribution in [2.24, 2.45) is 0 Å². The van der Waals surface area contributed by atoms with Crippen LogP contribution in [0.3, 0.4) is 0 Å². The maximum absolute atomic E-state index is 11.6. The van der Waals surface area contributed by atoms with Crippen LogP contribution >= 0.6 is 23.2 Å². The van der Waals surface area contributed by atoms with Crippen LogP contribution < -0.4 is 5.32 Å². The minimum Gasteiger partial charge on any atom is -0.444 e. The van der Waals surface area contributed by atoms with Crippen molar-refractivity contribution in [3.63, 3.8) is 0 Å². The van der Waals surface area contributed by atoms with Crippen molar-refractivity contribution in [3.8, 4) is 6.07 Å². The van der Waals surface area contributed by atoms with Crippen molar-refractivity contribution in [1.82, 2.24) is 10.2 Å². The Morgan fingerprint density at radius 1 is 1.33 bits per heavy atom. The molecule has 1 aromatic carbocycles. The Labute approximate surface area is 171 Å². The van der Waals surface area contributed by atoms with E-state index >= 15 is 0 Å². The lowest BCUT2D eigenvalue weighted by Gasteiger charge is -2.38. The monoisotopic (exact) mass is 411 g/mol. The summed E-state index contributed by atoms with van der Waals surface area (Å²) in [6, 6.07) is 7.85. The third kappa shape index (κ3) is 6.27. The summed E-state index contributed by atoms with van der Waals surface area (Å²) in [5.74, 6) is 0. The third-order valence-corrected chi connectivity index (χ3v) is 5.24. The molecule has 0 atom stereocenters. The topological polar surface area (TPSA) is 65.4 Å². The Hall–Kier alpha value is -1.48. The highest BCUT2D eigenvalue weighted by molar-refractivity contribution is 6.35. The largest absolute Gasteiger partial charge is 0.444 e. The van der Waals surface area contributed by atoms with Gasteiger partial charge in [-0.05, 0) is 77.4 Å². The van der Waals surface area contributed by atoms with Crippen LogP contribution in [0.4, 0.5) is 4.79 Å². The number of likely N-dealkylation sites (tertiary alicyclic amines) is 1. The molecular weight excluding hydrogens is 385 g/mol. The van der Waals surface area contributed by atoms with Gasteiger partial charge in [-0.15, -0.1) is 0 Å². The molecule has 1 fully saturated rings. The standard InChI is InChI=1S/C20H27Cl2N3O2/c1-19(2,3)27-18(26)24-9-4-10-25-11-7-20(14-23,8-12-25)16-6-5-15(21)13-17(16)22/h5-6,13H,4,7-12H2,1-3H3,(H,24,26). The Morgan fingerprint density at radius 3 is 2.56 bits per heavy atom. The number of hydrogen-bond acceptors (Lipinski definition) is 4. The first-order valence-corrected chi connectivity index (χ1v) is 9.97. The summed E-state index contributed by atoms with van der Waals surface area (Å²) in [4.78, 5) is 14.0. The number of amides is 1. The average Bonchev–Trinajstić information content (AvgIpc) is 2.58. The van der Waals surface area contributed by atoms with E-state index in [9.17, 15) is 10.1 Å². The van der Waals surface area contributed by atoms with Crippen LogP contribution in [0.1, 0.15) is 45.6 Å². The fourth-order valence-electron chi connectivity index (χ4n) is 3.28. The molecule has 1 aliphatic heterocycles. The van der Waals surface area contributed by atoms with Gasteiger partial charge in [0.2, 0.25) is 0 Å². The number of alkyl carbamates (subject to hydrolysis) is 1. The van der Waals surface area contributed by atoms with Crippen LogP contribution in [0.25, 0.3) is 0 Å². The van der Waals surface area contributed by atoms with Gasteiger partial charge in [0.05, 0.1) is 11.5 Å². The summed E-state index contributed by atoms with van der Waals surface area (Å²) in [6.45, 7) is 8.60. The lowest BCUT2D eigenvalue weighted by atomic mass is 9.74. The number of piperidine rings is 1. The lowest BCUT2D eigenvalue weighted by Crippen LogP contribution is -2.43. The maximum Gasteiger partial charge on any atom is 0.407 e. The van der Waals surface area contributed by atoms with Crippen LogP contribution in [0.5, 0.6) is 0 Å². The van der Waals surface area contributed by atoms with Gasteiger partial charge in [0, 0.05) is 16.6 Å². The molecule has 148 valence electrons. The van der Waals surface area contributed by atoms with E-state index in [4.69, 9.17) is 27.9 Å². The molecule has 1 amide bonds. The SMILES string of the molecule is CC(C)(C)OC(=O)NCCCN1CCC(C#N)(c2ccc(Cl)cc2Cl)CC1. The molecule has 1 heterocycles. The van der Waals surface area contributed by atoms with Gasteiger partial charge >= 0.3 is 6.09 Å². The zero-order valence-corrected chi connectivity index (χ0v) is 17.7. The lowest BCUT2D eigenvalue weighted by molar-refractivity contribution is 0.0525. The predicted octanol–water partition coefficient (Wildman–Crippen LogP) is 4.77. The average molecular weight is 412 g/mol. The highest BCUT2D eigenvalue weighted by Gasteiger charge is 2.37. The highest BCUT2D eigenvalue weighted by Crippen LogP contribution is 2.39. The van der Waals surface area contributed by atoms with Crippen molar-refractivity contribution in [1.29, 1.82) is 5.26 Å². The summed E-state index contributed by atoms with van der Waals surface area (Å²) >= 11 is 12.3. The number of hydrogen-bond donors (Lipinski definition) is 1. The molecule has 1 aromatic rings. The molecule has 0 spiro atoms. The zero-order chi connectivity index (χ0) is 20.1. The number of halogens is 2. The molecule has 1 N–H and O–H groups in total. The minimum atomic E-state index is -0.563. The van der Waals surface area contributed by atoms with Crippen LogP contribution in [0.2, 0.25) is 10.0 Å². The molecular formula is C20H27Cl2N3O2. The van der Waals surface area contributed by atoms with E-state index in [-0.39, 0.29) is 6.09 Å². The quantitative estimate of drug-likeness (QED) is 0.708. The van der Waals surface area contributed by atoms with E-state index in [1.165, 1.54) is 0 Å². The Bertz CT molecular complexity index is 702. The van der Waals surface area contributed by atoms with E-state index < -0.39 is 11.0 Å². The number of ether oxygens (including phenoxy) is 1. The molecule has 0 aliphatic carbocycles. The maximum atomic E-state index is 11.6. The smallest absolute Gasteiger partial charge is 0.407 e. The van der Waals surface area contributed by atoms with Crippen LogP contribution in [0, 0.1) is 11.3 Å². The van der Waals surface area contributed by atoms with Gasteiger partial charge < -0.3 is 15.0 Å². The molecule has 7 heteroatoms. The molecule has 0 aromatic heterocycles. The van der Waals surface area contributed by atoms with Gasteiger partial charge in [-0.3, -0.25) is 0 Å². The van der Waals surface area contributed by atoms with Gasteiger partial charge in [-0.25, -0.2) is 4.79 Å². The van der Waals surface area contributed by atoms with Crippen LogP contribution in [0.15, 0.2) is 18.2 Å². The van der Waals surface area contributed by atoms with E-state index in [1.807, 2.05) is 26.8 Å². The summed E-state index contributed by atoms with van der Waals surface area (Å²) in [6.07, 6.45) is 1.90. The third-order valence-electron chi connectivity index (χ3n) is 4.69. The summed E-state index contributed by atoms with van der Waals surface area (Å²) < 4.78 is 5.22. The number of nitriles is 1. The van der Waals surface area contributed by atoms with E-state index in [2.05, 4.69) is 16.3 Å². The number of carbonyl (C=O) groups excluding carboxylic acids is 1. The molecule has 27 heavy (non-hydrogen) atoms. The van der Waals surface area contributed by atoms with Crippen molar-refractivity contribution >= 4 is 29.3 Å². The summed E-state index contributed by atoms with van der Waals surface area (Å²) in [7, 11) is 0. The van der Waals surface area contributed by atoms with E-state index in [0.717, 1.165) is 44.5 Å². The normalized spacial score (nSPS) is 17.2. The van der Waals surface area contributed by atoms with Crippen molar-refractivity contribution in [2.45, 2.75) is 51.0 Å². The van der Waals surface area contributed by atoms with Gasteiger partial charge in [0.15, 0.2) is 0 Å².